The van der Waals surface area contributed by atoms with E-state index in [4.69, 9.17) is 15.6 Å². The van der Waals surface area contributed by atoms with Crippen LogP contribution in [-0.2, 0) is 4.74 Å². The van der Waals surface area contributed by atoms with Crippen LogP contribution < -0.4 is 5.73 Å². The van der Waals surface area contributed by atoms with Crippen LogP contribution in [0.1, 0.15) is 27.2 Å². The first-order chi connectivity index (χ1) is 7.33. The molecule has 0 aromatic rings. The maximum absolute atomic E-state index is 11.8. The molecule has 5 heteroatoms. The minimum absolute atomic E-state index is 0.0143. The predicted molar refractivity (Wildman–Crippen MR) is 61.0 cm³/mol. The van der Waals surface area contributed by atoms with Crippen LogP contribution in [-0.4, -0.2) is 47.4 Å². The molecule has 94 valence electrons. The van der Waals surface area contributed by atoms with Gasteiger partial charge in [0, 0.05) is 31.7 Å². The van der Waals surface area contributed by atoms with E-state index in [1.165, 1.54) is 0 Å². The summed E-state index contributed by atoms with van der Waals surface area (Å²) in [5.41, 5.74) is 5.36. The highest BCUT2D eigenvalue weighted by Gasteiger charge is 2.31. The van der Waals surface area contributed by atoms with Crippen molar-refractivity contribution in [2.75, 3.05) is 19.7 Å². The number of piperidine rings is 1. The van der Waals surface area contributed by atoms with Crippen molar-refractivity contribution in [3.63, 3.8) is 0 Å². The van der Waals surface area contributed by atoms with Gasteiger partial charge in [-0.05, 0) is 27.2 Å². The number of amides is 1. The third-order valence-corrected chi connectivity index (χ3v) is 2.68. The number of likely N-dealkylation sites (tertiary alicyclic amines) is 1. The molecule has 1 amide bonds. The van der Waals surface area contributed by atoms with Gasteiger partial charge in [0.25, 0.3) is 0 Å². The maximum atomic E-state index is 11.8. The average molecular weight is 230 g/mol. The molecular formula is C11H22N2O3. The molecule has 1 saturated heterocycles. The molecule has 0 aliphatic carbocycles. The van der Waals surface area contributed by atoms with Gasteiger partial charge in [0.05, 0.1) is 0 Å². The zero-order chi connectivity index (χ0) is 12.3. The number of aliphatic hydroxyl groups is 1. The minimum atomic E-state index is -0.481. The first kappa shape index (κ1) is 13.3. The summed E-state index contributed by atoms with van der Waals surface area (Å²) in [6.45, 7) is 6.61. The Bertz CT molecular complexity index is 250. The number of nitrogens with two attached hydrogens (primary N) is 1. The molecule has 0 radical (unpaired) electrons. The average Bonchev–Trinajstić information content (AvgIpc) is 2.15. The van der Waals surface area contributed by atoms with Crippen LogP contribution >= 0.6 is 0 Å². The summed E-state index contributed by atoms with van der Waals surface area (Å²) >= 11 is 0. The first-order valence-electron chi connectivity index (χ1n) is 5.68. The van der Waals surface area contributed by atoms with Crippen LogP contribution in [0, 0.1) is 5.92 Å². The largest absolute Gasteiger partial charge is 0.444 e. The lowest BCUT2D eigenvalue weighted by Gasteiger charge is -2.36. The molecule has 1 fully saturated rings. The normalized spacial score (nSPS) is 26.7. The highest BCUT2D eigenvalue weighted by molar-refractivity contribution is 5.68. The van der Waals surface area contributed by atoms with Gasteiger partial charge in [-0.2, -0.15) is 0 Å². The summed E-state index contributed by atoms with van der Waals surface area (Å²) < 4.78 is 5.27. The van der Waals surface area contributed by atoms with Gasteiger partial charge in [0.15, 0.2) is 0 Å². The van der Waals surface area contributed by atoms with E-state index < -0.39 is 5.60 Å². The number of ether oxygens (including phenoxy) is 1. The van der Waals surface area contributed by atoms with E-state index in [2.05, 4.69) is 0 Å². The second-order valence-corrected chi connectivity index (χ2v) is 5.32. The van der Waals surface area contributed by atoms with Crippen molar-refractivity contribution in [1.82, 2.24) is 4.90 Å². The number of carbonyl (C=O) groups is 1. The Morgan fingerprint density at radius 1 is 1.56 bits per heavy atom. The SMILES string of the molecule is CC(C)(C)OC(=O)N1CC[C@@H](N)[C@H](CO)C1. The Balaban J connectivity index is 2.52. The van der Waals surface area contributed by atoms with Crippen LogP contribution in [0.25, 0.3) is 0 Å². The van der Waals surface area contributed by atoms with E-state index in [-0.39, 0.29) is 24.7 Å². The van der Waals surface area contributed by atoms with Crippen LogP contribution in [0.4, 0.5) is 4.79 Å². The summed E-state index contributed by atoms with van der Waals surface area (Å²) in [6.07, 6.45) is 0.391. The quantitative estimate of drug-likeness (QED) is 0.690. The lowest BCUT2D eigenvalue weighted by Crippen LogP contribution is -2.51. The second-order valence-electron chi connectivity index (χ2n) is 5.32. The molecule has 1 aliphatic rings. The number of carbonyl (C=O) groups excluding carboxylic acids is 1. The highest BCUT2D eigenvalue weighted by Crippen LogP contribution is 2.18. The highest BCUT2D eigenvalue weighted by atomic mass is 16.6. The van der Waals surface area contributed by atoms with E-state index in [0.29, 0.717) is 19.5 Å². The van der Waals surface area contributed by atoms with E-state index in [9.17, 15) is 4.79 Å². The third-order valence-electron chi connectivity index (χ3n) is 2.68. The monoisotopic (exact) mass is 230 g/mol. The molecule has 0 aromatic carbocycles. The van der Waals surface area contributed by atoms with Gasteiger partial charge in [-0.1, -0.05) is 0 Å². The molecule has 0 saturated carbocycles. The molecule has 3 N–H and O–H groups in total. The van der Waals surface area contributed by atoms with Crippen molar-refractivity contribution in [2.45, 2.75) is 38.8 Å². The molecular weight excluding hydrogens is 208 g/mol. The fourth-order valence-corrected chi connectivity index (χ4v) is 1.74. The molecule has 16 heavy (non-hydrogen) atoms. The fourth-order valence-electron chi connectivity index (χ4n) is 1.74. The van der Waals surface area contributed by atoms with Gasteiger partial charge in [0.2, 0.25) is 0 Å². The van der Waals surface area contributed by atoms with E-state index in [0.717, 1.165) is 0 Å². The van der Waals surface area contributed by atoms with Crippen molar-refractivity contribution in [1.29, 1.82) is 0 Å². The summed E-state index contributed by atoms with van der Waals surface area (Å²) in [4.78, 5) is 13.4. The Kier molecular flexibility index (Phi) is 4.15. The second kappa shape index (κ2) is 5.01. The van der Waals surface area contributed by atoms with Crippen molar-refractivity contribution < 1.29 is 14.6 Å². The summed E-state index contributed by atoms with van der Waals surface area (Å²) in [6, 6.07) is -0.0244. The zero-order valence-electron chi connectivity index (χ0n) is 10.3. The molecule has 1 aliphatic heterocycles. The molecule has 0 aromatic heterocycles. The van der Waals surface area contributed by atoms with E-state index in [1.807, 2.05) is 20.8 Å². The zero-order valence-corrected chi connectivity index (χ0v) is 10.3. The van der Waals surface area contributed by atoms with E-state index in [1.54, 1.807) is 4.90 Å². The van der Waals surface area contributed by atoms with Gasteiger partial charge in [-0.3, -0.25) is 0 Å². The molecule has 2 atom stereocenters. The third kappa shape index (κ3) is 3.64. The summed E-state index contributed by atoms with van der Waals surface area (Å²) in [5, 5.41) is 9.13. The number of aliphatic hydroxyl groups excluding tert-OH is 1. The molecule has 0 unspecified atom stereocenters. The molecule has 0 bridgehead atoms. The van der Waals surface area contributed by atoms with Crippen LogP contribution in [0.3, 0.4) is 0 Å². The van der Waals surface area contributed by atoms with E-state index >= 15 is 0 Å². The first-order valence-corrected chi connectivity index (χ1v) is 5.68. The maximum Gasteiger partial charge on any atom is 0.410 e. The van der Waals surface area contributed by atoms with Crippen LogP contribution in [0.15, 0.2) is 0 Å². The van der Waals surface area contributed by atoms with Gasteiger partial charge < -0.3 is 20.5 Å². The van der Waals surface area contributed by atoms with Crippen molar-refractivity contribution in [3.05, 3.63) is 0 Å². The number of hydrogen-bond acceptors (Lipinski definition) is 4. The number of nitrogens with zero attached hydrogens (tertiary/aromatic N) is 1. The molecule has 5 nitrogen and oxygen atoms in total. The van der Waals surface area contributed by atoms with Gasteiger partial charge in [-0.15, -0.1) is 0 Å². The summed E-state index contributed by atoms with van der Waals surface area (Å²) in [7, 11) is 0. The number of hydrogen-bond donors (Lipinski definition) is 2. The smallest absolute Gasteiger partial charge is 0.410 e. The predicted octanol–water partition coefficient (Wildman–Crippen LogP) is 0.563. The Labute approximate surface area is 96.6 Å². The van der Waals surface area contributed by atoms with Crippen LogP contribution in [0.2, 0.25) is 0 Å². The van der Waals surface area contributed by atoms with Gasteiger partial charge in [0.1, 0.15) is 5.60 Å². The topological polar surface area (TPSA) is 75.8 Å². The molecule has 1 rings (SSSR count). The van der Waals surface area contributed by atoms with Gasteiger partial charge in [-0.25, -0.2) is 4.79 Å². The fraction of sp³-hybridized carbons (Fsp3) is 0.909. The lowest BCUT2D eigenvalue weighted by atomic mass is 9.94. The number of rotatable bonds is 1. The van der Waals surface area contributed by atoms with Crippen molar-refractivity contribution in [3.8, 4) is 0 Å². The molecule has 1 heterocycles. The Morgan fingerprint density at radius 3 is 2.69 bits per heavy atom. The molecule has 0 spiro atoms. The lowest BCUT2D eigenvalue weighted by molar-refractivity contribution is 0.0107. The van der Waals surface area contributed by atoms with Gasteiger partial charge >= 0.3 is 6.09 Å². The Hall–Kier alpha value is -0.810. The van der Waals surface area contributed by atoms with Crippen molar-refractivity contribution >= 4 is 6.09 Å². The standard InChI is InChI=1S/C11H22N2O3/c1-11(2,3)16-10(15)13-5-4-9(12)8(6-13)7-14/h8-9,14H,4-7,12H2,1-3H3/t8-,9+/m0/s1. The minimum Gasteiger partial charge on any atom is -0.444 e. The Morgan fingerprint density at radius 2 is 2.19 bits per heavy atom. The van der Waals surface area contributed by atoms with Crippen LogP contribution in [0.5, 0.6) is 0 Å². The summed E-state index contributed by atoms with van der Waals surface area (Å²) in [5.74, 6) is -0.0405. The van der Waals surface area contributed by atoms with Crippen molar-refractivity contribution in [2.24, 2.45) is 11.7 Å².